The molecule has 2 atom stereocenters. The van der Waals surface area contributed by atoms with E-state index >= 15 is 0 Å². The molecule has 19 heavy (non-hydrogen) atoms. The van der Waals surface area contributed by atoms with Crippen LogP contribution in [0.4, 0.5) is 0 Å². The van der Waals surface area contributed by atoms with Gasteiger partial charge in [-0.25, -0.2) is 13.1 Å². The van der Waals surface area contributed by atoms with E-state index in [4.69, 9.17) is 0 Å². The van der Waals surface area contributed by atoms with E-state index in [2.05, 4.69) is 4.72 Å². The molecule has 0 bridgehead atoms. The Morgan fingerprint density at radius 3 is 2.32 bits per heavy atom. The second-order valence-corrected chi connectivity index (χ2v) is 7.16. The van der Waals surface area contributed by atoms with E-state index in [0.29, 0.717) is 0 Å². The maximum Gasteiger partial charge on any atom is 0.240 e. The number of hydrogen-bond acceptors (Lipinski definition) is 4. The molecule has 0 spiro atoms. The Morgan fingerprint density at radius 2 is 1.89 bits per heavy atom. The molecule has 0 aliphatic rings. The van der Waals surface area contributed by atoms with Gasteiger partial charge in [0.1, 0.15) is 0 Å². The van der Waals surface area contributed by atoms with E-state index in [0.717, 1.165) is 12.0 Å². The van der Waals surface area contributed by atoms with Gasteiger partial charge in [-0.1, -0.05) is 19.1 Å². The molecule has 2 unspecified atom stereocenters. The molecule has 0 amide bonds. The van der Waals surface area contributed by atoms with Gasteiger partial charge in [-0.2, -0.15) is 11.8 Å². The van der Waals surface area contributed by atoms with Gasteiger partial charge in [0.05, 0.1) is 11.5 Å². The summed E-state index contributed by atoms with van der Waals surface area (Å²) >= 11 is 1.44. The molecule has 108 valence electrons. The van der Waals surface area contributed by atoms with Gasteiger partial charge in [-0.15, -0.1) is 0 Å². The van der Waals surface area contributed by atoms with Crippen LogP contribution in [0.1, 0.15) is 19.4 Å². The lowest BCUT2D eigenvalue weighted by Crippen LogP contribution is -2.41. The summed E-state index contributed by atoms with van der Waals surface area (Å²) in [6.45, 7) is 3.73. The van der Waals surface area contributed by atoms with E-state index < -0.39 is 10.0 Å². The van der Waals surface area contributed by atoms with Gasteiger partial charge in [0, 0.05) is 11.3 Å². The Hall–Kier alpha value is -0.560. The highest BCUT2D eigenvalue weighted by Crippen LogP contribution is 2.15. The standard InChI is InChI=1S/C13H21NO3S2/c1-4-11-5-7-12(8-6-11)19(16,17)14-10(2)13(9-15)18-3/h5-8,10,13-15H,4,9H2,1-3H3. The van der Waals surface area contributed by atoms with Crippen LogP contribution in [0, 0.1) is 0 Å². The second kappa shape index (κ2) is 7.28. The maximum atomic E-state index is 12.2. The van der Waals surface area contributed by atoms with Crippen molar-refractivity contribution in [2.45, 2.75) is 36.5 Å². The zero-order valence-electron chi connectivity index (χ0n) is 11.5. The lowest BCUT2D eigenvalue weighted by atomic mass is 10.2. The summed E-state index contributed by atoms with van der Waals surface area (Å²) < 4.78 is 27.0. The molecule has 1 aromatic rings. The number of aliphatic hydroxyl groups is 1. The first kappa shape index (κ1) is 16.5. The Bertz CT molecular complexity index is 481. The van der Waals surface area contributed by atoms with Crippen LogP contribution in [0.15, 0.2) is 29.2 Å². The largest absolute Gasteiger partial charge is 0.395 e. The van der Waals surface area contributed by atoms with Crippen molar-refractivity contribution in [3.8, 4) is 0 Å². The van der Waals surface area contributed by atoms with Gasteiger partial charge in [0.2, 0.25) is 10.0 Å². The molecule has 4 nitrogen and oxygen atoms in total. The normalized spacial score (nSPS) is 15.2. The van der Waals surface area contributed by atoms with Crippen LogP contribution in [0.25, 0.3) is 0 Å². The molecule has 0 saturated heterocycles. The molecule has 0 fully saturated rings. The van der Waals surface area contributed by atoms with Gasteiger partial charge in [-0.05, 0) is 37.3 Å². The minimum absolute atomic E-state index is 0.0559. The fourth-order valence-corrected chi connectivity index (χ4v) is 3.73. The van der Waals surface area contributed by atoms with Crippen LogP contribution in [0.2, 0.25) is 0 Å². The van der Waals surface area contributed by atoms with Gasteiger partial charge in [0.15, 0.2) is 0 Å². The third-order valence-electron chi connectivity index (χ3n) is 3.02. The van der Waals surface area contributed by atoms with Crippen molar-refractivity contribution in [1.82, 2.24) is 4.72 Å². The molecule has 0 saturated carbocycles. The van der Waals surface area contributed by atoms with E-state index in [-0.39, 0.29) is 22.8 Å². The van der Waals surface area contributed by atoms with Gasteiger partial charge in [0.25, 0.3) is 0 Å². The fourth-order valence-electron chi connectivity index (χ4n) is 1.73. The number of thioether (sulfide) groups is 1. The highest BCUT2D eigenvalue weighted by molar-refractivity contribution is 7.99. The Labute approximate surface area is 119 Å². The van der Waals surface area contributed by atoms with E-state index in [1.54, 1.807) is 19.1 Å². The predicted molar refractivity (Wildman–Crippen MR) is 80.0 cm³/mol. The highest BCUT2D eigenvalue weighted by Gasteiger charge is 2.22. The average molecular weight is 303 g/mol. The topological polar surface area (TPSA) is 66.4 Å². The molecule has 2 N–H and O–H groups in total. The third-order valence-corrected chi connectivity index (χ3v) is 5.76. The second-order valence-electron chi connectivity index (χ2n) is 4.36. The monoisotopic (exact) mass is 303 g/mol. The van der Waals surface area contributed by atoms with Crippen molar-refractivity contribution in [2.75, 3.05) is 12.9 Å². The smallest absolute Gasteiger partial charge is 0.240 e. The van der Waals surface area contributed by atoms with Crippen LogP contribution < -0.4 is 4.72 Å². The number of aliphatic hydroxyl groups excluding tert-OH is 1. The zero-order valence-corrected chi connectivity index (χ0v) is 13.1. The van der Waals surface area contributed by atoms with Crippen LogP contribution in [0.5, 0.6) is 0 Å². The summed E-state index contributed by atoms with van der Waals surface area (Å²) in [5.74, 6) is 0. The van der Waals surface area contributed by atoms with Crippen molar-refractivity contribution >= 4 is 21.8 Å². The molecule has 0 aliphatic heterocycles. The lowest BCUT2D eigenvalue weighted by molar-refractivity contribution is 0.282. The number of nitrogens with one attached hydrogen (secondary N) is 1. The first-order valence-electron chi connectivity index (χ1n) is 6.19. The summed E-state index contributed by atoms with van der Waals surface area (Å²) in [5, 5.41) is 9.03. The lowest BCUT2D eigenvalue weighted by Gasteiger charge is -2.21. The molecule has 0 heterocycles. The Kier molecular flexibility index (Phi) is 6.32. The quantitative estimate of drug-likeness (QED) is 0.803. The molecule has 1 rings (SSSR count). The molecule has 0 aliphatic carbocycles. The van der Waals surface area contributed by atoms with Gasteiger partial charge in [-0.3, -0.25) is 0 Å². The average Bonchev–Trinajstić information content (AvgIpc) is 2.39. The number of aryl methyl sites for hydroxylation is 1. The molecule has 0 radical (unpaired) electrons. The first-order chi connectivity index (χ1) is 8.94. The SMILES string of the molecule is CCc1ccc(S(=O)(=O)NC(C)C(CO)SC)cc1. The summed E-state index contributed by atoms with van der Waals surface area (Å²) in [6, 6.07) is 6.53. The summed E-state index contributed by atoms with van der Waals surface area (Å²) in [4.78, 5) is 0.259. The van der Waals surface area contributed by atoms with E-state index in [1.807, 2.05) is 25.3 Å². The van der Waals surface area contributed by atoms with Crippen molar-refractivity contribution in [1.29, 1.82) is 0 Å². The summed E-state index contributed by atoms with van der Waals surface area (Å²) in [5.41, 5.74) is 1.10. The number of rotatable bonds is 7. The summed E-state index contributed by atoms with van der Waals surface area (Å²) in [6.07, 6.45) is 2.73. The van der Waals surface area contributed by atoms with E-state index in [1.165, 1.54) is 11.8 Å². The minimum atomic E-state index is -3.52. The molecule has 6 heteroatoms. The fraction of sp³-hybridized carbons (Fsp3) is 0.538. The Morgan fingerprint density at radius 1 is 1.32 bits per heavy atom. The van der Waals surface area contributed by atoms with Crippen LogP contribution >= 0.6 is 11.8 Å². The predicted octanol–water partition coefficient (Wildman–Crippen LogP) is 1.64. The van der Waals surface area contributed by atoms with Crippen molar-refractivity contribution < 1.29 is 13.5 Å². The van der Waals surface area contributed by atoms with Crippen LogP contribution in [-0.2, 0) is 16.4 Å². The number of sulfonamides is 1. The molecular formula is C13H21NO3S2. The minimum Gasteiger partial charge on any atom is -0.395 e. The van der Waals surface area contributed by atoms with Crippen molar-refractivity contribution in [3.05, 3.63) is 29.8 Å². The van der Waals surface area contributed by atoms with Gasteiger partial charge < -0.3 is 5.11 Å². The first-order valence-corrected chi connectivity index (χ1v) is 8.96. The van der Waals surface area contributed by atoms with E-state index in [9.17, 15) is 13.5 Å². The molecule has 1 aromatic carbocycles. The highest BCUT2D eigenvalue weighted by atomic mass is 32.2. The maximum absolute atomic E-state index is 12.2. The number of benzene rings is 1. The molecular weight excluding hydrogens is 282 g/mol. The van der Waals surface area contributed by atoms with Crippen LogP contribution in [-0.4, -0.2) is 37.7 Å². The number of hydrogen-bond donors (Lipinski definition) is 2. The van der Waals surface area contributed by atoms with Crippen molar-refractivity contribution in [3.63, 3.8) is 0 Å². The van der Waals surface area contributed by atoms with Crippen molar-refractivity contribution in [2.24, 2.45) is 0 Å². The van der Waals surface area contributed by atoms with Crippen LogP contribution in [0.3, 0.4) is 0 Å². The Balaban J connectivity index is 2.85. The third kappa shape index (κ3) is 4.49. The zero-order chi connectivity index (χ0) is 14.5. The van der Waals surface area contributed by atoms with Gasteiger partial charge >= 0.3 is 0 Å². The molecule has 0 aromatic heterocycles. The summed E-state index contributed by atoms with van der Waals surface area (Å²) in [7, 11) is -3.52.